The summed E-state index contributed by atoms with van der Waals surface area (Å²) in [5.41, 5.74) is 0. The minimum absolute atomic E-state index is 0.149. The number of thiophene rings is 1. The summed E-state index contributed by atoms with van der Waals surface area (Å²) >= 11 is 8.05. The Kier molecular flexibility index (Phi) is 4.40. The van der Waals surface area contributed by atoms with E-state index in [-0.39, 0.29) is 12.6 Å². The Balaban J connectivity index is 2.16. The number of benzene rings is 1. The minimum atomic E-state index is 0.149. The van der Waals surface area contributed by atoms with Crippen molar-refractivity contribution in [2.24, 2.45) is 0 Å². The number of aliphatic hydroxyl groups is 1. The first-order chi connectivity index (χ1) is 8.26. The van der Waals surface area contributed by atoms with Crippen molar-refractivity contribution in [3.05, 3.63) is 34.2 Å². The van der Waals surface area contributed by atoms with Gasteiger partial charge in [-0.25, -0.2) is 0 Å². The van der Waals surface area contributed by atoms with E-state index >= 15 is 0 Å². The zero-order valence-corrected chi connectivity index (χ0v) is 11.3. The van der Waals surface area contributed by atoms with Gasteiger partial charge in [0.1, 0.15) is 0 Å². The smallest absolute Gasteiger partial charge is 0.0636 e. The summed E-state index contributed by atoms with van der Waals surface area (Å²) in [6, 6.07) is 8.30. The Labute approximate surface area is 110 Å². The van der Waals surface area contributed by atoms with Crippen LogP contribution in [0.15, 0.2) is 24.3 Å². The molecule has 1 atom stereocenters. The molecule has 0 aliphatic heterocycles. The number of rotatable bonds is 5. The van der Waals surface area contributed by atoms with E-state index in [2.05, 4.69) is 18.3 Å². The molecular formula is C13H16ClNOS. The highest BCUT2D eigenvalue weighted by molar-refractivity contribution is 7.19. The minimum Gasteiger partial charge on any atom is -0.395 e. The maximum atomic E-state index is 9.12. The Morgan fingerprint density at radius 3 is 2.82 bits per heavy atom. The molecule has 0 saturated heterocycles. The van der Waals surface area contributed by atoms with Gasteiger partial charge in [-0.3, -0.25) is 0 Å². The van der Waals surface area contributed by atoms with Crippen LogP contribution in [0.2, 0.25) is 5.02 Å². The van der Waals surface area contributed by atoms with Crippen LogP contribution >= 0.6 is 22.9 Å². The molecule has 0 aliphatic carbocycles. The number of hydrogen-bond acceptors (Lipinski definition) is 3. The number of fused-ring (bicyclic) bond motifs is 1. The van der Waals surface area contributed by atoms with Gasteiger partial charge in [-0.05, 0) is 12.5 Å². The van der Waals surface area contributed by atoms with Gasteiger partial charge < -0.3 is 10.4 Å². The van der Waals surface area contributed by atoms with Crippen LogP contribution in [0, 0.1) is 0 Å². The maximum absolute atomic E-state index is 9.12. The lowest BCUT2D eigenvalue weighted by molar-refractivity contribution is 0.238. The molecule has 2 nitrogen and oxygen atoms in total. The van der Waals surface area contributed by atoms with Crippen LogP contribution in [0.4, 0.5) is 0 Å². The molecule has 0 amide bonds. The van der Waals surface area contributed by atoms with Gasteiger partial charge in [0.2, 0.25) is 0 Å². The quantitative estimate of drug-likeness (QED) is 0.872. The third-order valence-corrected chi connectivity index (χ3v) is 4.58. The molecule has 17 heavy (non-hydrogen) atoms. The van der Waals surface area contributed by atoms with Crippen molar-refractivity contribution in [2.75, 3.05) is 6.61 Å². The van der Waals surface area contributed by atoms with E-state index in [9.17, 15) is 0 Å². The predicted octanol–water partition coefficient (Wildman–Crippen LogP) is 3.42. The molecule has 1 aromatic carbocycles. The standard InChI is InChI=1S/C13H16ClNOS/c1-2-9(8-16)15-7-12-13(14)10-5-3-4-6-11(10)17-12/h3-6,9,15-16H,2,7-8H2,1H3/t9-/m1/s1. The summed E-state index contributed by atoms with van der Waals surface area (Å²) in [7, 11) is 0. The van der Waals surface area contributed by atoms with E-state index in [0.29, 0.717) is 0 Å². The fourth-order valence-electron chi connectivity index (χ4n) is 1.75. The largest absolute Gasteiger partial charge is 0.395 e. The first-order valence-corrected chi connectivity index (χ1v) is 6.95. The van der Waals surface area contributed by atoms with Gasteiger partial charge in [-0.15, -0.1) is 11.3 Å². The number of nitrogens with one attached hydrogen (secondary N) is 1. The molecule has 1 heterocycles. The molecule has 0 aliphatic rings. The fourth-order valence-corrected chi connectivity index (χ4v) is 3.20. The lowest BCUT2D eigenvalue weighted by Gasteiger charge is -2.12. The van der Waals surface area contributed by atoms with Crippen LogP contribution in [-0.4, -0.2) is 17.8 Å². The van der Waals surface area contributed by atoms with Crippen LogP contribution in [0.25, 0.3) is 10.1 Å². The van der Waals surface area contributed by atoms with Crippen molar-refractivity contribution in [1.82, 2.24) is 5.32 Å². The highest BCUT2D eigenvalue weighted by Crippen LogP contribution is 2.34. The first-order valence-electron chi connectivity index (χ1n) is 5.76. The third-order valence-electron chi connectivity index (χ3n) is 2.87. The van der Waals surface area contributed by atoms with Crippen LogP contribution in [0.1, 0.15) is 18.2 Å². The zero-order valence-electron chi connectivity index (χ0n) is 9.74. The monoisotopic (exact) mass is 269 g/mol. The summed E-state index contributed by atoms with van der Waals surface area (Å²) in [6.07, 6.45) is 0.916. The van der Waals surface area contributed by atoms with Crippen molar-refractivity contribution < 1.29 is 5.11 Å². The molecule has 92 valence electrons. The first kappa shape index (κ1) is 12.8. The number of hydrogen-bond donors (Lipinski definition) is 2. The predicted molar refractivity (Wildman–Crippen MR) is 74.8 cm³/mol. The van der Waals surface area contributed by atoms with E-state index in [1.807, 2.05) is 18.2 Å². The van der Waals surface area contributed by atoms with Gasteiger partial charge >= 0.3 is 0 Å². The topological polar surface area (TPSA) is 32.3 Å². The highest BCUT2D eigenvalue weighted by atomic mass is 35.5. The van der Waals surface area contributed by atoms with Gasteiger partial charge in [0, 0.05) is 27.5 Å². The van der Waals surface area contributed by atoms with Crippen molar-refractivity contribution >= 4 is 33.0 Å². The molecule has 4 heteroatoms. The van der Waals surface area contributed by atoms with Crippen molar-refractivity contribution in [2.45, 2.75) is 25.9 Å². The normalized spacial score (nSPS) is 13.1. The summed E-state index contributed by atoms with van der Waals surface area (Å²) in [5, 5.41) is 14.4. The Morgan fingerprint density at radius 1 is 1.41 bits per heavy atom. The highest BCUT2D eigenvalue weighted by Gasteiger charge is 2.11. The third kappa shape index (κ3) is 2.80. The average Bonchev–Trinajstić information content (AvgIpc) is 2.68. The van der Waals surface area contributed by atoms with Gasteiger partial charge in [0.25, 0.3) is 0 Å². The van der Waals surface area contributed by atoms with Gasteiger partial charge in [-0.2, -0.15) is 0 Å². The summed E-state index contributed by atoms with van der Waals surface area (Å²) in [5.74, 6) is 0. The van der Waals surface area contributed by atoms with Crippen molar-refractivity contribution in [1.29, 1.82) is 0 Å². The lowest BCUT2D eigenvalue weighted by Crippen LogP contribution is -2.30. The van der Waals surface area contributed by atoms with Crippen molar-refractivity contribution in [3.8, 4) is 0 Å². The molecule has 0 saturated carbocycles. The molecular weight excluding hydrogens is 254 g/mol. The summed E-state index contributed by atoms with van der Waals surface area (Å²) in [6.45, 7) is 2.94. The van der Waals surface area contributed by atoms with Crippen LogP contribution in [0.5, 0.6) is 0 Å². The second kappa shape index (κ2) is 5.83. The molecule has 2 rings (SSSR count). The zero-order chi connectivity index (χ0) is 12.3. The molecule has 0 fully saturated rings. The maximum Gasteiger partial charge on any atom is 0.0636 e. The Morgan fingerprint density at radius 2 is 2.18 bits per heavy atom. The molecule has 0 spiro atoms. The van der Waals surface area contributed by atoms with E-state index in [0.717, 1.165) is 28.3 Å². The molecule has 0 radical (unpaired) electrons. The van der Waals surface area contributed by atoms with Crippen LogP contribution in [-0.2, 0) is 6.54 Å². The van der Waals surface area contributed by atoms with Crippen LogP contribution in [0.3, 0.4) is 0 Å². The molecule has 2 aromatic rings. The van der Waals surface area contributed by atoms with E-state index in [1.54, 1.807) is 11.3 Å². The summed E-state index contributed by atoms with van der Waals surface area (Å²) in [4.78, 5) is 1.14. The van der Waals surface area contributed by atoms with Gasteiger partial charge in [-0.1, -0.05) is 36.7 Å². The SMILES string of the molecule is CC[C@H](CO)NCc1sc2ccccc2c1Cl. The number of aliphatic hydroxyl groups excluding tert-OH is 1. The van der Waals surface area contributed by atoms with Crippen molar-refractivity contribution in [3.63, 3.8) is 0 Å². The van der Waals surface area contributed by atoms with E-state index in [4.69, 9.17) is 16.7 Å². The van der Waals surface area contributed by atoms with Crippen LogP contribution < -0.4 is 5.32 Å². The summed E-state index contributed by atoms with van der Waals surface area (Å²) < 4.78 is 1.21. The average molecular weight is 270 g/mol. The number of halogens is 1. The van der Waals surface area contributed by atoms with E-state index in [1.165, 1.54) is 4.70 Å². The molecule has 2 N–H and O–H groups in total. The molecule has 0 bridgehead atoms. The second-order valence-corrected chi connectivity index (χ2v) is 5.52. The van der Waals surface area contributed by atoms with E-state index < -0.39 is 0 Å². The fraction of sp³-hybridized carbons (Fsp3) is 0.385. The Hall–Kier alpha value is -0.610. The Bertz CT molecular complexity index is 493. The van der Waals surface area contributed by atoms with Gasteiger partial charge in [0.05, 0.1) is 11.6 Å². The lowest BCUT2D eigenvalue weighted by atomic mass is 10.2. The molecule has 0 unspecified atom stereocenters. The molecule has 1 aromatic heterocycles. The second-order valence-electron chi connectivity index (χ2n) is 4.00. The van der Waals surface area contributed by atoms with Gasteiger partial charge in [0.15, 0.2) is 0 Å².